The predicted octanol–water partition coefficient (Wildman–Crippen LogP) is 6.29. The molecule has 1 fully saturated rings. The molecule has 0 aliphatic heterocycles. The summed E-state index contributed by atoms with van der Waals surface area (Å²) in [7, 11) is 0. The van der Waals surface area contributed by atoms with Crippen molar-refractivity contribution in [2.75, 3.05) is 0 Å². The highest BCUT2D eigenvalue weighted by molar-refractivity contribution is 9.09. The summed E-state index contributed by atoms with van der Waals surface area (Å²) in [5.74, 6) is 0.772. The number of alkyl halides is 1. The van der Waals surface area contributed by atoms with Gasteiger partial charge >= 0.3 is 0 Å². The van der Waals surface area contributed by atoms with E-state index < -0.39 is 0 Å². The Morgan fingerprint density at radius 2 is 1.95 bits per heavy atom. The first-order valence-electron chi connectivity index (χ1n) is 7.77. The lowest BCUT2D eigenvalue weighted by Crippen LogP contribution is -2.21. The molecule has 2 unspecified atom stereocenters. The molecule has 1 saturated carbocycles. The second kappa shape index (κ2) is 6.43. The van der Waals surface area contributed by atoms with Gasteiger partial charge in [0.2, 0.25) is 0 Å². The van der Waals surface area contributed by atoms with E-state index in [9.17, 15) is 0 Å². The number of benzene rings is 1. The van der Waals surface area contributed by atoms with Crippen molar-refractivity contribution >= 4 is 15.9 Å². The SMILES string of the molecule is CCCCc1ccc(C(Br)C2CCCC2(C)C)cc1. The van der Waals surface area contributed by atoms with Gasteiger partial charge in [0, 0.05) is 4.83 Å². The van der Waals surface area contributed by atoms with Crippen LogP contribution in [-0.4, -0.2) is 0 Å². The van der Waals surface area contributed by atoms with Gasteiger partial charge in [0.25, 0.3) is 0 Å². The van der Waals surface area contributed by atoms with Crippen LogP contribution in [0.3, 0.4) is 0 Å². The van der Waals surface area contributed by atoms with Crippen molar-refractivity contribution in [1.82, 2.24) is 0 Å². The number of hydrogen-bond acceptors (Lipinski definition) is 0. The fraction of sp³-hybridized carbons (Fsp3) is 0.667. The van der Waals surface area contributed by atoms with Crippen molar-refractivity contribution in [2.45, 2.75) is 64.1 Å². The number of rotatable bonds is 5. The van der Waals surface area contributed by atoms with E-state index in [1.165, 1.54) is 49.7 Å². The number of halogens is 1. The molecule has 0 spiro atoms. The molecule has 1 aromatic rings. The first kappa shape index (κ1) is 15.1. The molecule has 0 amide bonds. The van der Waals surface area contributed by atoms with Crippen molar-refractivity contribution in [3.8, 4) is 0 Å². The number of hydrogen-bond donors (Lipinski definition) is 0. The van der Waals surface area contributed by atoms with Crippen LogP contribution in [0.25, 0.3) is 0 Å². The Morgan fingerprint density at radius 1 is 1.26 bits per heavy atom. The molecule has 2 atom stereocenters. The Kier molecular flexibility index (Phi) is 5.11. The lowest BCUT2D eigenvalue weighted by atomic mass is 9.78. The topological polar surface area (TPSA) is 0 Å². The molecule has 0 bridgehead atoms. The highest BCUT2D eigenvalue weighted by atomic mass is 79.9. The van der Waals surface area contributed by atoms with E-state index >= 15 is 0 Å². The third kappa shape index (κ3) is 3.62. The summed E-state index contributed by atoms with van der Waals surface area (Å²) in [6.07, 6.45) is 7.91. The van der Waals surface area contributed by atoms with E-state index in [1.807, 2.05) is 0 Å². The molecule has 1 aliphatic carbocycles. The van der Waals surface area contributed by atoms with Crippen molar-refractivity contribution in [3.63, 3.8) is 0 Å². The average Bonchev–Trinajstić information content (AvgIpc) is 2.76. The fourth-order valence-electron chi connectivity index (χ4n) is 3.38. The molecule has 0 nitrogen and oxygen atoms in total. The summed E-state index contributed by atoms with van der Waals surface area (Å²) < 4.78 is 0. The first-order valence-corrected chi connectivity index (χ1v) is 8.69. The first-order chi connectivity index (χ1) is 9.04. The number of unbranched alkanes of at least 4 members (excludes halogenated alkanes) is 1. The van der Waals surface area contributed by atoms with Gasteiger partial charge in [-0.2, -0.15) is 0 Å². The van der Waals surface area contributed by atoms with Crippen molar-refractivity contribution in [3.05, 3.63) is 35.4 Å². The normalized spacial score (nSPS) is 23.5. The largest absolute Gasteiger partial charge is 0.0836 e. The highest BCUT2D eigenvalue weighted by Crippen LogP contribution is 2.51. The quantitative estimate of drug-likeness (QED) is 0.558. The van der Waals surface area contributed by atoms with Crippen LogP contribution in [-0.2, 0) is 6.42 Å². The third-order valence-electron chi connectivity index (χ3n) is 4.81. The second-order valence-electron chi connectivity index (χ2n) is 6.73. The van der Waals surface area contributed by atoms with Gasteiger partial charge in [0.15, 0.2) is 0 Å². The maximum atomic E-state index is 3.97. The minimum absolute atomic E-state index is 0.481. The zero-order chi connectivity index (χ0) is 13.9. The Bertz CT molecular complexity index is 391. The van der Waals surface area contributed by atoms with E-state index in [0.29, 0.717) is 10.2 Å². The van der Waals surface area contributed by atoms with Gasteiger partial charge in [0.05, 0.1) is 0 Å². The van der Waals surface area contributed by atoms with Crippen molar-refractivity contribution < 1.29 is 0 Å². The molecule has 2 rings (SSSR count). The van der Waals surface area contributed by atoms with Gasteiger partial charge in [-0.05, 0) is 48.1 Å². The van der Waals surface area contributed by atoms with Gasteiger partial charge in [-0.15, -0.1) is 0 Å². The lowest BCUT2D eigenvalue weighted by molar-refractivity contribution is 0.257. The van der Waals surface area contributed by atoms with E-state index in [4.69, 9.17) is 0 Å². The second-order valence-corrected chi connectivity index (χ2v) is 7.72. The number of aryl methyl sites for hydroxylation is 1. The van der Waals surface area contributed by atoms with Gasteiger partial charge in [-0.25, -0.2) is 0 Å². The Balaban J connectivity index is 2.05. The standard InChI is InChI=1S/C18H27Br/c1-4-5-7-14-9-11-15(12-10-14)17(19)16-8-6-13-18(16,2)3/h9-12,16-17H,4-8,13H2,1-3H3. The van der Waals surface area contributed by atoms with Gasteiger partial charge in [-0.1, -0.05) is 73.8 Å². The average molecular weight is 323 g/mol. The molecule has 1 aromatic carbocycles. The maximum absolute atomic E-state index is 3.97. The Morgan fingerprint density at radius 3 is 2.47 bits per heavy atom. The zero-order valence-corrected chi connectivity index (χ0v) is 14.2. The lowest BCUT2D eigenvalue weighted by Gasteiger charge is -2.31. The van der Waals surface area contributed by atoms with Gasteiger partial charge in [0.1, 0.15) is 0 Å². The van der Waals surface area contributed by atoms with Crippen LogP contribution >= 0.6 is 15.9 Å². The van der Waals surface area contributed by atoms with Crippen LogP contribution in [0, 0.1) is 11.3 Å². The van der Waals surface area contributed by atoms with Gasteiger partial charge < -0.3 is 0 Å². The molecule has 0 radical (unpaired) electrons. The summed E-state index contributed by atoms with van der Waals surface area (Å²) in [5.41, 5.74) is 3.42. The summed E-state index contributed by atoms with van der Waals surface area (Å²) in [5, 5.41) is 0. The molecule has 0 aromatic heterocycles. The molecule has 0 N–H and O–H groups in total. The minimum atomic E-state index is 0.481. The smallest absolute Gasteiger partial charge is 0.0428 e. The zero-order valence-electron chi connectivity index (χ0n) is 12.6. The van der Waals surface area contributed by atoms with Gasteiger partial charge in [-0.3, -0.25) is 0 Å². The monoisotopic (exact) mass is 322 g/mol. The highest BCUT2D eigenvalue weighted by Gasteiger charge is 2.38. The van der Waals surface area contributed by atoms with Crippen LogP contribution in [0.4, 0.5) is 0 Å². The van der Waals surface area contributed by atoms with E-state index in [-0.39, 0.29) is 0 Å². The fourth-order valence-corrected chi connectivity index (χ4v) is 4.66. The molecular formula is C18H27Br. The van der Waals surface area contributed by atoms with Crippen LogP contribution in [0.5, 0.6) is 0 Å². The molecule has 0 saturated heterocycles. The molecule has 19 heavy (non-hydrogen) atoms. The van der Waals surface area contributed by atoms with E-state index in [2.05, 4.69) is 61.0 Å². The maximum Gasteiger partial charge on any atom is 0.0428 e. The summed E-state index contributed by atoms with van der Waals surface area (Å²) in [4.78, 5) is 0.519. The van der Waals surface area contributed by atoms with E-state index in [0.717, 1.165) is 5.92 Å². The summed E-state index contributed by atoms with van der Waals surface area (Å²) in [6, 6.07) is 9.31. The molecule has 1 heteroatoms. The summed E-state index contributed by atoms with van der Waals surface area (Å²) in [6.45, 7) is 7.11. The molecular weight excluding hydrogens is 296 g/mol. The third-order valence-corrected chi connectivity index (χ3v) is 5.98. The van der Waals surface area contributed by atoms with Crippen molar-refractivity contribution in [2.24, 2.45) is 11.3 Å². The molecule has 1 aliphatic rings. The van der Waals surface area contributed by atoms with Crippen molar-refractivity contribution in [1.29, 1.82) is 0 Å². The van der Waals surface area contributed by atoms with Crippen LogP contribution < -0.4 is 0 Å². The predicted molar refractivity (Wildman–Crippen MR) is 87.8 cm³/mol. The molecule has 0 heterocycles. The van der Waals surface area contributed by atoms with Crippen LogP contribution in [0.15, 0.2) is 24.3 Å². The summed E-state index contributed by atoms with van der Waals surface area (Å²) >= 11 is 3.97. The van der Waals surface area contributed by atoms with E-state index in [1.54, 1.807) is 0 Å². The van der Waals surface area contributed by atoms with Crippen LogP contribution in [0.2, 0.25) is 0 Å². The molecule has 106 valence electrons. The Labute approximate surface area is 127 Å². The van der Waals surface area contributed by atoms with Crippen LogP contribution in [0.1, 0.15) is 68.8 Å². The Hall–Kier alpha value is -0.300. The minimum Gasteiger partial charge on any atom is -0.0836 e.